The summed E-state index contributed by atoms with van der Waals surface area (Å²) in [6.45, 7) is 0. The van der Waals surface area contributed by atoms with Crippen LogP contribution in [0.4, 0.5) is 4.39 Å². The third-order valence-electron chi connectivity index (χ3n) is 2.07. The van der Waals surface area contributed by atoms with Crippen LogP contribution in [0.1, 0.15) is 5.56 Å². The van der Waals surface area contributed by atoms with Crippen molar-refractivity contribution in [1.29, 1.82) is 5.26 Å². The first-order valence-electron chi connectivity index (χ1n) is 4.56. The monoisotopic (exact) mass is 233 g/mol. The number of aromatic nitrogens is 2. The van der Waals surface area contributed by atoms with Gasteiger partial charge in [0, 0.05) is 24.3 Å². The summed E-state index contributed by atoms with van der Waals surface area (Å²) in [4.78, 5) is 4.69. The van der Waals surface area contributed by atoms with Crippen LogP contribution >= 0.6 is 11.8 Å². The maximum Gasteiger partial charge on any atom is 0.172 e. The van der Waals surface area contributed by atoms with Crippen molar-refractivity contribution >= 4 is 11.8 Å². The molecule has 0 bridgehead atoms. The van der Waals surface area contributed by atoms with E-state index in [1.54, 1.807) is 24.5 Å². The van der Waals surface area contributed by atoms with E-state index in [0.717, 1.165) is 5.16 Å². The van der Waals surface area contributed by atoms with Gasteiger partial charge >= 0.3 is 0 Å². The summed E-state index contributed by atoms with van der Waals surface area (Å²) in [6, 6.07) is 6.44. The highest BCUT2D eigenvalue weighted by molar-refractivity contribution is 7.99. The van der Waals surface area contributed by atoms with E-state index in [1.165, 1.54) is 17.8 Å². The number of rotatable bonds is 2. The Kier molecular flexibility index (Phi) is 2.93. The molecule has 2 aromatic rings. The molecule has 0 fully saturated rings. The average Bonchev–Trinajstić information content (AvgIpc) is 2.65. The third kappa shape index (κ3) is 1.92. The zero-order valence-electron chi connectivity index (χ0n) is 8.51. The molecule has 1 aromatic carbocycles. The van der Waals surface area contributed by atoms with Crippen LogP contribution in [-0.2, 0) is 7.05 Å². The van der Waals surface area contributed by atoms with Crippen LogP contribution in [0.5, 0.6) is 0 Å². The van der Waals surface area contributed by atoms with Gasteiger partial charge in [0.2, 0.25) is 0 Å². The lowest BCUT2D eigenvalue weighted by Gasteiger charge is -2.03. The second-order valence-electron chi connectivity index (χ2n) is 3.15. The fourth-order valence-electron chi connectivity index (χ4n) is 1.25. The molecule has 80 valence electrons. The highest BCUT2D eigenvalue weighted by atomic mass is 32.2. The predicted octanol–water partition coefficient (Wildman–Crippen LogP) is 2.58. The van der Waals surface area contributed by atoms with Gasteiger partial charge in [0.25, 0.3) is 0 Å². The van der Waals surface area contributed by atoms with Crippen LogP contribution in [0.2, 0.25) is 0 Å². The molecule has 0 atom stereocenters. The van der Waals surface area contributed by atoms with Crippen molar-refractivity contribution in [3.05, 3.63) is 42.0 Å². The van der Waals surface area contributed by atoms with E-state index in [0.29, 0.717) is 4.90 Å². The number of halogens is 1. The first-order chi connectivity index (χ1) is 7.72. The first-order valence-corrected chi connectivity index (χ1v) is 5.38. The fourth-order valence-corrected chi connectivity index (χ4v) is 2.15. The van der Waals surface area contributed by atoms with Crippen molar-refractivity contribution in [2.75, 3.05) is 0 Å². The van der Waals surface area contributed by atoms with Gasteiger partial charge in [0.15, 0.2) is 5.16 Å². The molecule has 0 spiro atoms. The molecule has 2 rings (SSSR count). The van der Waals surface area contributed by atoms with E-state index < -0.39 is 5.82 Å². The summed E-state index contributed by atoms with van der Waals surface area (Å²) in [7, 11) is 1.85. The third-order valence-corrected chi connectivity index (χ3v) is 3.20. The van der Waals surface area contributed by atoms with Crippen LogP contribution < -0.4 is 0 Å². The van der Waals surface area contributed by atoms with Crippen molar-refractivity contribution in [2.45, 2.75) is 10.1 Å². The van der Waals surface area contributed by atoms with E-state index in [-0.39, 0.29) is 5.56 Å². The standard InChI is InChI=1S/C11H8FN3S/c1-15-6-5-14-11(15)16-10-4-2-3-9(12)8(10)7-13/h2-6H,1H3. The van der Waals surface area contributed by atoms with Crippen molar-refractivity contribution in [1.82, 2.24) is 9.55 Å². The Labute approximate surface area is 96.5 Å². The van der Waals surface area contributed by atoms with Gasteiger partial charge in [-0.2, -0.15) is 5.26 Å². The normalized spacial score (nSPS) is 10.1. The Bertz CT molecular complexity index is 557. The molecule has 3 nitrogen and oxygen atoms in total. The highest BCUT2D eigenvalue weighted by Crippen LogP contribution is 2.29. The van der Waals surface area contributed by atoms with Gasteiger partial charge in [0.1, 0.15) is 17.4 Å². The van der Waals surface area contributed by atoms with Crippen LogP contribution in [0.3, 0.4) is 0 Å². The fraction of sp³-hybridized carbons (Fsp3) is 0.0909. The van der Waals surface area contributed by atoms with Gasteiger partial charge in [-0.1, -0.05) is 17.8 Å². The lowest BCUT2D eigenvalue weighted by atomic mass is 10.2. The summed E-state index contributed by atoms with van der Waals surface area (Å²) in [6.07, 6.45) is 3.46. The van der Waals surface area contributed by atoms with Crippen LogP contribution in [0.15, 0.2) is 40.6 Å². The molecule has 0 radical (unpaired) electrons. The van der Waals surface area contributed by atoms with E-state index in [9.17, 15) is 4.39 Å². The first kappa shape index (κ1) is 10.7. The van der Waals surface area contributed by atoms with Gasteiger partial charge in [0.05, 0.1) is 0 Å². The largest absolute Gasteiger partial charge is 0.329 e. The van der Waals surface area contributed by atoms with E-state index >= 15 is 0 Å². The van der Waals surface area contributed by atoms with Crippen molar-refractivity contribution in [2.24, 2.45) is 7.05 Å². The average molecular weight is 233 g/mol. The summed E-state index contributed by atoms with van der Waals surface area (Å²) < 4.78 is 15.1. The summed E-state index contributed by atoms with van der Waals surface area (Å²) in [5.74, 6) is -0.498. The number of imidazole rings is 1. The van der Waals surface area contributed by atoms with Gasteiger partial charge < -0.3 is 4.57 Å². The zero-order valence-corrected chi connectivity index (χ0v) is 9.33. The lowest BCUT2D eigenvalue weighted by molar-refractivity contribution is 0.619. The Hall–Kier alpha value is -1.80. The van der Waals surface area contributed by atoms with Gasteiger partial charge in [-0.25, -0.2) is 9.37 Å². The quantitative estimate of drug-likeness (QED) is 0.800. The molecular weight excluding hydrogens is 225 g/mol. The minimum absolute atomic E-state index is 0.0653. The lowest BCUT2D eigenvalue weighted by Crippen LogP contribution is -1.91. The van der Waals surface area contributed by atoms with Crippen molar-refractivity contribution in [3.8, 4) is 6.07 Å². The molecule has 0 amide bonds. The Morgan fingerprint density at radius 3 is 2.94 bits per heavy atom. The maximum absolute atomic E-state index is 13.3. The molecular formula is C11H8FN3S. The van der Waals surface area contributed by atoms with Gasteiger partial charge in [-0.15, -0.1) is 0 Å². The Morgan fingerprint density at radius 1 is 1.50 bits per heavy atom. The van der Waals surface area contributed by atoms with E-state index in [2.05, 4.69) is 4.98 Å². The number of hydrogen-bond acceptors (Lipinski definition) is 3. The molecule has 0 unspecified atom stereocenters. The van der Waals surface area contributed by atoms with Crippen LogP contribution in [0, 0.1) is 17.1 Å². The smallest absolute Gasteiger partial charge is 0.172 e. The number of hydrogen-bond donors (Lipinski definition) is 0. The maximum atomic E-state index is 13.3. The van der Waals surface area contributed by atoms with Crippen LogP contribution in [0.25, 0.3) is 0 Å². The second kappa shape index (κ2) is 4.37. The molecule has 0 aliphatic rings. The molecule has 0 saturated carbocycles. The molecule has 16 heavy (non-hydrogen) atoms. The summed E-state index contributed by atoms with van der Waals surface area (Å²) >= 11 is 1.28. The second-order valence-corrected chi connectivity index (χ2v) is 4.16. The minimum Gasteiger partial charge on any atom is -0.329 e. The summed E-state index contributed by atoms with van der Waals surface area (Å²) in [5, 5.41) is 9.59. The summed E-state index contributed by atoms with van der Waals surface area (Å²) in [5.41, 5.74) is 0.0653. The molecule has 1 heterocycles. The van der Waals surface area contributed by atoms with Gasteiger partial charge in [-0.05, 0) is 12.1 Å². The molecule has 1 aromatic heterocycles. The predicted molar refractivity (Wildman–Crippen MR) is 58.4 cm³/mol. The molecule has 5 heteroatoms. The SMILES string of the molecule is Cn1ccnc1Sc1cccc(F)c1C#N. The Balaban J connectivity index is 2.40. The molecule has 0 aliphatic carbocycles. The Morgan fingerprint density at radius 2 is 2.31 bits per heavy atom. The van der Waals surface area contributed by atoms with E-state index in [4.69, 9.17) is 5.26 Å². The molecule has 0 saturated heterocycles. The molecule has 0 N–H and O–H groups in total. The minimum atomic E-state index is -0.498. The van der Waals surface area contributed by atoms with E-state index in [1.807, 2.05) is 17.7 Å². The van der Waals surface area contributed by atoms with Crippen molar-refractivity contribution in [3.63, 3.8) is 0 Å². The number of benzene rings is 1. The van der Waals surface area contributed by atoms with Crippen LogP contribution in [-0.4, -0.2) is 9.55 Å². The van der Waals surface area contributed by atoms with Crippen molar-refractivity contribution < 1.29 is 4.39 Å². The molecule has 0 aliphatic heterocycles. The number of nitrogens with zero attached hydrogens (tertiary/aromatic N) is 3. The topological polar surface area (TPSA) is 41.6 Å². The zero-order chi connectivity index (χ0) is 11.5. The number of aryl methyl sites for hydroxylation is 1. The highest BCUT2D eigenvalue weighted by Gasteiger charge is 2.10. The number of nitriles is 1. The van der Waals surface area contributed by atoms with Gasteiger partial charge in [-0.3, -0.25) is 0 Å².